The van der Waals surface area contributed by atoms with E-state index in [0.717, 1.165) is 46.5 Å². The molecule has 1 aliphatic rings. The first-order valence-corrected chi connectivity index (χ1v) is 15.8. The summed E-state index contributed by atoms with van der Waals surface area (Å²) in [6.07, 6.45) is 1.11. The van der Waals surface area contributed by atoms with Gasteiger partial charge >= 0.3 is 6.18 Å². The van der Waals surface area contributed by atoms with Gasteiger partial charge in [-0.1, -0.05) is 97.1 Å². The van der Waals surface area contributed by atoms with Crippen molar-refractivity contribution < 1.29 is 22.8 Å². The summed E-state index contributed by atoms with van der Waals surface area (Å²) in [5, 5.41) is 0. The summed E-state index contributed by atoms with van der Waals surface area (Å²) >= 11 is 0. The quantitative estimate of drug-likeness (QED) is 0.153. The maximum absolute atomic E-state index is 14.5. The van der Waals surface area contributed by atoms with Crippen LogP contribution in [0.4, 0.5) is 13.2 Å². The van der Waals surface area contributed by atoms with Crippen molar-refractivity contribution in [2.45, 2.75) is 38.1 Å². The molecule has 5 aromatic rings. The Balaban J connectivity index is 1.34. The van der Waals surface area contributed by atoms with Crippen molar-refractivity contribution in [3.05, 3.63) is 167 Å². The highest BCUT2D eigenvalue weighted by Crippen LogP contribution is 2.29. The summed E-state index contributed by atoms with van der Waals surface area (Å²) in [6.45, 7) is 1.12. The molecule has 1 aliphatic heterocycles. The molecule has 1 unspecified atom stereocenters. The third kappa shape index (κ3) is 7.89. The second-order valence-corrected chi connectivity index (χ2v) is 11.8. The Hall–Kier alpha value is -5.50. The van der Waals surface area contributed by atoms with Crippen LogP contribution >= 0.6 is 0 Å². The topological polar surface area (TPSA) is 53.5 Å². The van der Waals surface area contributed by atoms with Crippen molar-refractivity contribution in [3.63, 3.8) is 0 Å². The van der Waals surface area contributed by atoms with Crippen molar-refractivity contribution in [1.82, 2.24) is 14.8 Å². The molecule has 0 fully saturated rings. The number of hydrogen-bond donors (Lipinski definition) is 0. The molecule has 6 rings (SSSR count). The Labute approximate surface area is 278 Å². The van der Waals surface area contributed by atoms with E-state index in [9.17, 15) is 22.8 Å². The molecule has 2 amide bonds. The summed E-state index contributed by atoms with van der Waals surface area (Å²) in [7, 11) is 0. The highest BCUT2D eigenvalue weighted by molar-refractivity contribution is 5.96. The van der Waals surface area contributed by atoms with Crippen LogP contribution in [-0.2, 0) is 41.7 Å². The molecule has 0 saturated heterocycles. The molecule has 242 valence electrons. The van der Waals surface area contributed by atoms with E-state index in [1.807, 2.05) is 95.9 Å². The molecule has 1 aromatic heterocycles. The second-order valence-electron chi connectivity index (χ2n) is 11.8. The molecule has 5 nitrogen and oxygen atoms in total. The smallest absolute Gasteiger partial charge is 0.336 e. The van der Waals surface area contributed by atoms with Gasteiger partial charge in [-0.25, -0.2) is 0 Å². The van der Waals surface area contributed by atoms with E-state index in [2.05, 4.69) is 11.1 Å². The minimum Gasteiger partial charge on any atom is -0.336 e. The Morgan fingerprint density at radius 3 is 2.17 bits per heavy atom. The van der Waals surface area contributed by atoms with Gasteiger partial charge in [-0.05, 0) is 64.6 Å². The van der Waals surface area contributed by atoms with Gasteiger partial charge in [-0.15, -0.1) is 0 Å². The van der Waals surface area contributed by atoms with Gasteiger partial charge in [-0.3, -0.25) is 14.6 Å². The van der Waals surface area contributed by atoms with E-state index in [1.54, 1.807) is 11.1 Å². The van der Waals surface area contributed by atoms with E-state index in [0.29, 0.717) is 25.1 Å². The Morgan fingerprint density at radius 1 is 0.792 bits per heavy atom. The number of aromatic nitrogens is 1. The average Bonchev–Trinajstić information content (AvgIpc) is 3.12. The van der Waals surface area contributed by atoms with Crippen LogP contribution in [0, 0.1) is 0 Å². The van der Waals surface area contributed by atoms with Crippen LogP contribution in [0.25, 0.3) is 17.3 Å². The van der Waals surface area contributed by atoms with Gasteiger partial charge in [0.2, 0.25) is 11.8 Å². The number of rotatable bonds is 9. The number of halogens is 3. The van der Waals surface area contributed by atoms with Gasteiger partial charge in [-0.2, -0.15) is 13.2 Å². The number of nitrogens with zero attached hydrogens (tertiary/aromatic N) is 3. The van der Waals surface area contributed by atoms with Gasteiger partial charge in [0, 0.05) is 43.9 Å². The Kier molecular flexibility index (Phi) is 9.80. The molecule has 2 heterocycles. The maximum Gasteiger partial charge on any atom is 0.416 e. The molecule has 0 spiro atoms. The summed E-state index contributed by atoms with van der Waals surface area (Å²) in [4.78, 5) is 36.4. The van der Waals surface area contributed by atoms with Crippen LogP contribution in [0.1, 0.15) is 33.4 Å². The predicted molar refractivity (Wildman–Crippen MR) is 180 cm³/mol. The van der Waals surface area contributed by atoms with E-state index in [4.69, 9.17) is 0 Å². The predicted octanol–water partition coefficient (Wildman–Crippen LogP) is 8.01. The minimum atomic E-state index is -4.46. The highest BCUT2D eigenvalue weighted by atomic mass is 19.4. The Bertz CT molecular complexity index is 1870. The number of hydrogen-bond acceptors (Lipinski definition) is 3. The fourth-order valence-corrected chi connectivity index (χ4v) is 5.96. The molecule has 4 aromatic carbocycles. The number of alkyl halides is 3. The number of benzene rings is 4. The third-order valence-corrected chi connectivity index (χ3v) is 8.58. The van der Waals surface area contributed by atoms with Crippen LogP contribution in [0.5, 0.6) is 0 Å². The van der Waals surface area contributed by atoms with Crippen molar-refractivity contribution in [3.8, 4) is 11.3 Å². The molecular formula is C40H34F3N3O2. The zero-order valence-corrected chi connectivity index (χ0v) is 26.2. The zero-order chi connectivity index (χ0) is 33.5. The van der Waals surface area contributed by atoms with Gasteiger partial charge in [0.15, 0.2) is 0 Å². The molecule has 0 aliphatic carbocycles. The van der Waals surface area contributed by atoms with Crippen molar-refractivity contribution >= 4 is 17.9 Å². The van der Waals surface area contributed by atoms with Crippen LogP contribution in [0.15, 0.2) is 134 Å². The van der Waals surface area contributed by atoms with E-state index < -0.39 is 23.7 Å². The second kappa shape index (κ2) is 14.5. The molecule has 0 radical (unpaired) electrons. The fourth-order valence-electron chi connectivity index (χ4n) is 5.96. The molecule has 0 saturated carbocycles. The van der Waals surface area contributed by atoms with E-state index in [-0.39, 0.29) is 12.5 Å². The first-order valence-electron chi connectivity index (χ1n) is 15.8. The summed E-state index contributed by atoms with van der Waals surface area (Å²) in [5.74, 6) is -0.579. The fraction of sp³-hybridized carbons (Fsp3) is 0.175. The van der Waals surface area contributed by atoms with Crippen LogP contribution < -0.4 is 0 Å². The van der Waals surface area contributed by atoms with Crippen LogP contribution in [0.2, 0.25) is 0 Å². The largest absolute Gasteiger partial charge is 0.416 e. The molecule has 8 heteroatoms. The normalized spacial score (nSPS) is 13.6. The number of fused-ring (bicyclic) bond motifs is 1. The first kappa shape index (κ1) is 32.4. The highest BCUT2D eigenvalue weighted by Gasteiger charge is 2.34. The summed E-state index contributed by atoms with van der Waals surface area (Å²) in [6, 6.07) is 34.8. The maximum atomic E-state index is 14.5. The lowest BCUT2D eigenvalue weighted by atomic mass is 9.97. The lowest BCUT2D eigenvalue weighted by molar-refractivity contribution is -0.144. The van der Waals surface area contributed by atoms with Crippen LogP contribution in [0.3, 0.4) is 0 Å². The van der Waals surface area contributed by atoms with Crippen molar-refractivity contribution in [2.24, 2.45) is 0 Å². The van der Waals surface area contributed by atoms with Gasteiger partial charge in [0.25, 0.3) is 0 Å². The molecule has 0 bridgehead atoms. The molecule has 0 N–H and O–H groups in total. The standard InChI is InChI=1S/C40H34F3N3O2/c41-40(42,43)35-20-15-29(16-21-35)17-22-38(47)46(27-31-13-18-33(19-14-31)36-12-6-7-24-44-36)37(26-30-8-2-1-3-9-30)39(48)45-25-23-32-10-4-5-11-34(32)28-45/h1-22,24,37H,23,25-28H2. The van der Waals surface area contributed by atoms with Gasteiger partial charge < -0.3 is 9.80 Å². The third-order valence-electron chi connectivity index (χ3n) is 8.58. The zero-order valence-electron chi connectivity index (χ0n) is 26.2. The lowest BCUT2D eigenvalue weighted by Gasteiger charge is -2.37. The minimum absolute atomic E-state index is 0.145. The first-order chi connectivity index (χ1) is 23.2. The summed E-state index contributed by atoms with van der Waals surface area (Å²) in [5.41, 5.74) is 5.43. The Morgan fingerprint density at radius 2 is 1.48 bits per heavy atom. The average molecular weight is 646 g/mol. The van der Waals surface area contributed by atoms with Gasteiger partial charge in [0.1, 0.15) is 6.04 Å². The summed E-state index contributed by atoms with van der Waals surface area (Å²) < 4.78 is 39.4. The van der Waals surface area contributed by atoms with Gasteiger partial charge in [0.05, 0.1) is 11.3 Å². The van der Waals surface area contributed by atoms with Crippen LogP contribution in [-0.4, -0.2) is 39.2 Å². The number of pyridine rings is 1. The molecular weight excluding hydrogens is 611 g/mol. The lowest BCUT2D eigenvalue weighted by Crippen LogP contribution is -2.52. The van der Waals surface area contributed by atoms with E-state index in [1.165, 1.54) is 29.8 Å². The van der Waals surface area contributed by atoms with Crippen molar-refractivity contribution in [2.75, 3.05) is 6.54 Å². The van der Waals surface area contributed by atoms with Crippen molar-refractivity contribution in [1.29, 1.82) is 0 Å². The monoisotopic (exact) mass is 645 g/mol. The SMILES string of the molecule is O=C(C(Cc1ccccc1)N(Cc1ccc(-c2ccccn2)cc1)C(=O)C=Cc1ccc(C(F)(F)F)cc1)N1CCc2ccccc2C1. The number of carbonyl (C=O) groups is 2. The molecule has 1 atom stereocenters. The number of carbonyl (C=O) groups excluding carboxylic acids is 2. The number of amides is 2. The molecule has 48 heavy (non-hydrogen) atoms. The van der Waals surface area contributed by atoms with E-state index >= 15 is 0 Å².